The summed E-state index contributed by atoms with van der Waals surface area (Å²) in [4.78, 5) is 10.7. The van der Waals surface area contributed by atoms with Crippen molar-refractivity contribution in [3.8, 4) is 0 Å². The molecule has 1 heterocycles. The number of ether oxygens (including phenoxy) is 1. The molecule has 0 aromatic carbocycles. The average Bonchev–Trinajstić information content (AvgIpc) is 2.13. The lowest BCUT2D eigenvalue weighted by atomic mass is 9.91. The van der Waals surface area contributed by atoms with Crippen molar-refractivity contribution < 1.29 is 35.1 Å². The van der Waals surface area contributed by atoms with Crippen LogP contribution in [0.2, 0.25) is 0 Å². The van der Waals surface area contributed by atoms with E-state index in [4.69, 9.17) is 20.4 Å². The Morgan fingerprint density at radius 2 is 2.00 bits per heavy atom. The van der Waals surface area contributed by atoms with Gasteiger partial charge in [-0.05, 0) is 0 Å². The first-order chi connectivity index (χ1) is 6.43. The molecule has 0 radical (unpaired) electrons. The molecule has 1 saturated heterocycles. The van der Waals surface area contributed by atoms with Crippen LogP contribution in [-0.2, 0) is 9.53 Å². The molecular weight excluding hydrogens is 196 g/mol. The molecule has 3 unspecified atom stereocenters. The predicted octanol–water partition coefficient (Wildman–Crippen LogP) is -2.74. The second-order valence-electron chi connectivity index (χ2n) is 3.23. The number of aliphatic hydroxyl groups is 4. The molecule has 0 bridgehead atoms. The first-order valence-corrected chi connectivity index (χ1v) is 3.99. The SMILES string of the molecule is O=C(O)C1(CO)CC(O)C(O)[C@H](O)O1. The van der Waals surface area contributed by atoms with Gasteiger partial charge in [0.05, 0.1) is 12.7 Å². The molecular formula is C7H12O7. The van der Waals surface area contributed by atoms with Crippen LogP contribution in [0, 0.1) is 0 Å². The number of aliphatic carboxylic acids is 1. The van der Waals surface area contributed by atoms with E-state index in [0.29, 0.717) is 0 Å². The fourth-order valence-electron chi connectivity index (χ4n) is 1.30. The summed E-state index contributed by atoms with van der Waals surface area (Å²) in [6.07, 6.45) is -5.30. The molecule has 0 spiro atoms. The summed E-state index contributed by atoms with van der Waals surface area (Å²) in [6, 6.07) is 0. The van der Waals surface area contributed by atoms with E-state index in [1.165, 1.54) is 0 Å². The predicted molar refractivity (Wildman–Crippen MR) is 41.2 cm³/mol. The number of carboxylic acid groups (broad SMARTS) is 1. The van der Waals surface area contributed by atoms with Gasteiger partial charge >= 0.3 is 5.97 Å². The van der Waals surface area contributed by atoms with E-state index in [9.17, 15) is 9.90 Å². The summed E-state index contributed by atoms with van der Waals surface area (Å²) in [5, 5.41) is 44.9. The number of hydrogen-bond donors (Lipinski definition) is 5. The highest BCUT2D eigenvalue weighted by Gasteiger charge is 2.50. The molecule has 7 nitrogen and oxygen atoms in total. The van der Waals surface area contributed by atoms with Crippen LogP contribution in [0.3, 0.4) is 0 Å². The fourth-order valence-corrected chi connectivity index (χ4v) is 1.30. The monoisotopic (exact) mass is 208 g/mol. The summed E-state index contributed by atoms with van der Waals surface area (Å²) in [7, 11) is 0. The van der Waals surface area contributed by atoms with Gasteiger partial charge in [-0.2, -0.15) is 0 Å². The highest BCUT2D eigenvalue weighted by atomic mass is 16.7. The minimum atomic E-state index is -2.04. The number of hydrogen-bond acceptors (Lipinski definition) is 6. The van der Waals surface area contributed by atoms with Crippen LogP contribution in [0.25, 0.3) is 0 Å². The van der Waals surface area contributed by atoms with Crippen molar-refractivity contribution in [2.75, 3.05) is 6.61 Å². The van der Waals surface area contributed by atoms with Gasteiger partial charge in [-0.1, -0.05) is 0 Å². The maximum atomic E-state index is 10.7. The van der Waals surface area contributed by atoms with E-state index in [-0.39, 0.29) is 0 Å². The molecule has 5 N–H and O–H groups in total. The van der Waals surface area contributed by atoms with E-state index < -0.39 is 43.1 Å². The molecule has 0 amide bonds. The van der Waals surface area contributed by atoms with E-state index in [0.717, 1.165) is 0 Å². The first kappa shape index (κ1) is 11.3. The van der Waals surface area contributed by atoms with E-state index >= 15 is 0 Å². The Kier molecular flexibility index (Phi) is 3.07. The lowest BCUT2D eigenvalue weighted by Crippen LogP contribution is -2.59. The van der Waals surface area contributed by atoms with Crippen molar-refractivity contribution in [3.05, 3.63) is 0 Å². The molecule has 82 valence electrons. The summed E-state index contributed by atoms with van der Waals surface area (Å²) < 4.78 is 4.56. The maximum Gasteiger partial charge on any atom is 0.338 e. The molecule has 4 atom stereocenters. The van der Waals surface area contributed by atoms with Gasteiger partial charge < -0.3 is 30.3 Å². The van der Waals surface area contributed by atoms with Gasteiger partial charge in [0.1, 0.15) is 6.10 Å². The molecule has 14 heavy (non-hydrogen) atoms. The van der Waals surface area contributed by atoms with Crippen LogP contribution >= 0.6 is 0 Å². The van der Waals surface area contributed by atoms with Gasteiger partial charge in [0.15, 0.2) is 11.9 Å². The van der Waals surface area contributed by atoms with Gasteiger partial charge in [-0.3, -0.25) is 0 Å². The third kappa shape index (κ3) is 1.72. The van der Waals surface area contributed by atoms with Crippen LogP contribution in [0.4, 0.5) is 0 Å². The van der Waals surface area contributed by atoms with E-state index in [1.54, 1.807) is 0 Å². The summed E-state index contributed by atoms with van der Waals surface area (Å²) >= 11 is 0. The summed E-state index contributed by atoms with van der Waals surface area (Å²) in [5.74, 6) is -1.50. The van der Waals surface area contributed by atoms with E-state index in [2.05, 4.69) is 4.74 Å². The average molecular weight is 208 g/mol. The molecule has 0 aromatic heterocycles. The van der Waals surface area contributed by atoms with Gasteiger partial charge in [0, 0.05) is 6.42 Å². The van der Waals surface area contributed by atoms with Crippen LogP contribution in [0.1, 0.15) is 6.42 Å². The molecule has 0 aliphatic carbocycles. The Hall–Kier alpha value is -0.730. The third-order valence-electron chi connectivity index (χ3n) is 2.22. The lowest BCUT2D eigenvalue weighted by Gasteiger charge is -2.39. The molecule has 0 saturated carbocycles. The second-order valence-corrected chi connectivity index (χ2v) is 3.23. The van der Waals surface area contributed by atoms with Crippen molar-refractivity contribution >= 4 is 5.97 Å². The highest BCUT2D eigenvalue weighted by Crippen LogP contribution is 2.28. The quantitative estimate of drug-likeness (QED) is 0.333. The van der Waals surface area contributed by atoms with Crippen molar-refractivity contribution in [2.45, 2.75) is 30.5 Å². The Balaban J connectivity index is 2.86. The van der Waals surface area contributed by atoms with Crippen LogP contribution in [-0.4, -0.2) is 62.2 Å². The summed E-state index contributed by atoms with van der Waals surface area (Å²) in [5.41, 5.74) is -2.04. The molecule has 7 heteroatoms. The van der Waals surface area contributed by atoms with Crippen molar-refractivity contribution in [2.24, 2.45) is 0 Å². The van der Waals surface area contributed by atoms with Crippen LogP contribution in [0.15, 0.2) is 0 Å². The second kappa shape index (κ2) is 3.79. The summed E-state index contributed by atoms with van der Waals surface area (Å²) in [6.45, 7) is -0.886. The zero-order valence-electron chi connectivity index (χ0n) is 7.20. The van der Waals surface area contributed by atoms with E-state index in [1.807, 2.05) is 0 Å². The fraction of sp³-hybridized carbons (Fsp3) is 0.857. The van der Waals surface area contributed by atoms with Crippen LogP contribution < -0.4 is 0 Å². The van der Waals surface area contributed by atoms with Gasteiger partial charge in [-0.15, -0.1) is 0 Å². The number of aliphatic hydroxyl groups excluding tert-OH is 4. The van der Waals surface area contributed by atoms with Crippen molar-refractivity contribution in [1.82, 2.24) is 0 Å². The van der Waals surface area contributed by atoms with Crippen molar-refractivity contribution in [3.63, 3.8) is 0 Å². The van der Waals surface area contributed by atoms with Gasteiger partial charge in [0.2, 0.25) is 0 Å². The lowest BCUT2D eigenvalue weighted by molar-refractivity contribution is -0.287. The normalized spacial score (nSPS) is 43.6. The zero-order chi connectivity index (χ0) is 10.9. The van der Waals surface area contributed by atoms with Crippen molar-refractivity contribution in [1.29, 1.82) is 0 Å². The molecule has 0 aromatic rings. The first-order valence-electron chi connectivity index (χ1n) is 3.99. The number of carbonyl (C=O) groups is 1. The molecule has 1 rings (SSSR count). The minimum Gasteiger partial charge on any atom is -0.479 e. The standard InChI is InChI=1S/C7H12O7/c8-2-7(6(12)13)1-3(9)4(10)5(11)14-7/h3-5,8-11H,1-2H2,(H,12,13)/t3?,4?,5-,7?/m1/s1. The Labute approximate surface area is 79.2 Å². The maximum absolute atomic E-state index is 10.7. The largest absolute Gasteiger partial charge is 0.479 e. The Bertz CT molecular complexity index is 216. The third-order valence-corrected chi connectivity index (χ3v) is 2.22. The zero-order valence-corrected chi connectivity index (χ0v) is 7.20. The minimum absolute atomic E-state index is 0.475. The smallest absolute Gasteiger partial charge is 0.338 e. The molecule has 1 aliphatic heterocycles. The highest BCUT2D eigenvalue weighted by molar-refractivity contribution is 5.78. The molecule has 1 aliphatic rings. The Morgan fingerprint density at radius 1 is 1.43 bits per heavy atom. The number of rotatable bonds is 2. The van der Waals surface area contributed by atoms with Gasteiger partial charge in [0.25, 0.3) is 0 Å². The number of carboxylic acids is 1. The molecule has 1 fully saturated rings. The van der Waals surface area contributed by atoms with Crippen LogP contribution in [0.5, 0.6) is 0 Å². The van der Waals surface area contributed by atoms with Gasteiger partial charge in [-0.25, -0.2) is 4.79 Å². The topological polar surface area (TPSA) is 127 Å². The Morgan fingerprint density at radius 3 is 2.36 bits per heavy atom.